The van der Waals surface area contributed by atoms with Gasteiger partial charge in [-0.1, -0.05) is 12.1 Å². The molecule has 0 spiro atoms. The fraction of sp³-hybridized carbons (Fsp3) is 0.111. The Kier molecular flexibility index (Phi) is 4.30. The van der Waals surface area contributed by atoms with E-state index < -0.39 is 11.9 Å². The maximum Gasteiger partial charge on any atom is 0.432 e. The molecule has 0 bridgehead atoms. The van der Waals surface area contributed by atoms with Gasteiger partial charge in [0.25, 0.3) is 0 Å². The van der Waals surface area contributed by atoms with Crippen molar-refractivity contribution < 1.29 is 17.9 Å². The summed E-state index contributed by atoms with van der Waals surface area (Å²) >= 11 is 0. The predicted molar refractivity (Wildman–Crippen MR) is 93.5 cm³/mol. The third kappa shape index (κ3) is 3.70. The monoisotopic (exact) mass is 386 g/mol. The first-order valence-electron chi connectivity index (χ1n) is 8.16. The lowest BCUT2D eigenvalue weighted by molar-refractivity contribution is -0.141. The minimum Gasteiger partial charge on any atom is -0.421 e. The molecule has 0 unspecified atom stereocenters. The van der Waals surface area contributed by atoms with Crippen LogP contribution in [-0.2, 0) is 6.18 Å². The molecule has 0 aliphatic heterocycles. The van der Waals surface area contributed by atoms with Gasteiger partial charge in [-0.05, 0) is 31.2 Å². The van der Waals surface area contributed by atoms with Crippen molar-refractivity contribution in [2.75, 3.05) is 0 Å². The lowest BCUT2D eigenvalue weighted by atomic mass is 10.2. The molecular formula is C18H13F3N6O. The molecule has 4 heterocycles. The lowest BCUT2D eigenvalue weighted by Crippen LogP contribution is -2.04. The Balaban J connectivity index is 1.58. The highest BCUT2D eigenvalue weighted by Crippen LogP contribution is 2.30. The topological polar surface area (TPSA) is 92.4 Å². The van der Waals surface area contributed by atoms with Crippen molar-refractivity contribution in [1.82, 2.24) is 30.4 Å². The van der Waals surface area contributed by atoms with Crippen LogP contribution >= 0.6 is 0 Å². The zero-order valence-electron chi connectivity index (χ0n) is 14.4. The highest BCUT2D eigenvalue weighted by molar-refractivity contribution is 5.56. The molecule has 0 saturated carbocycles. The summed E-state index contributed by atoms with van der Waals surface area (Å²) in [5, 5.41) is 12.6. The molecule has 0 aliphatic carbocycles. The number of ether oxygens (including phenoxy) is 1. The number of hydrogen-bond acceptors (Lipinski definition) is 5. The molecule has 142 valence electrons. The number of aryl methyl sites for hydroxylation is 1. The quantitative estimate of drug-likeness (QED) is 0.543. The predicted octanol–water partition coefficient (Wildman–Crippen LogP) is 4.38. The zero-order chi connectivity index (χ0) is 19.7. The summed E-state index contributed by atoms with van der Waals surface area (Å²) in [5.41, 5.74) is 1.53. The summed E-state index contributed by atoms with van der Waals surface area (Å²) in [6, 6.07) is 12.7. The van der Waals surface area contributed by atoms with E-state index in [0.29, 0.717) is 11.4 Å². The number of pyridine rings is 2. The Morgan fingerprint density at radius 3 is 1.86 bits per heavy atom. The van der Waals surface area contributed by atoms with E-state index in [0.717, 1.165) is 11.8 Å². The summed E-state index contributed by atoms with van der Waals surface area (Å²) in [6.07, 6.45) is -4.51. The van der Waals surface area contributed by atoms with E-state index in [2.05, 4.69) is 25.3 Å². The van der Waals surface area contributed by atoms with Crippen molar-refractivity contribution in [3.8, 4) is 34.5 Å². The van der Waals surface area contributed by atoms with Crippen LogP contribution in [0, 0.1) is 6.92 Å². The van der Waals surface area contributed by atoms with E-state index >= 15 is 0 Å². The Labute approximate surface area is 156 Å². The van der Waals surface area contributed by atoms with Crippen molar-refractivity contribution in [2.24, 2.45) is 0 Å². The normalized spacial score (nSPS) is 11.6. The van der Waals surface area contributed by atoms with Gasteiger partial charge in [0.15, 0.2) is 0 Å². The molecule has 0 aromatic carbocycles. The minimum atomic E-state index is -4.51. The van der Waals surface area contributed by atoms with Crippen molar-refractivity contribution in [3.63, 3.8) is 0 Å². The minimum absolute atomic E-state index is 0.0616. The van der Waals surface area contributed by atoms with Gasteiger partial charge in [0.2, 0.25) is 11.8 Å². The third-order valence-electron chi connectivity index (χ3n) is 3.77. The lowest BCUT2D eigenvalue weighted by Gasteiger charge is -2.06. The van der Waals surface area contributed by atoms with Crippen molar-refractivity contribution in [1.29, 1.82) is 0 Å². The number of hydrogen-bond donors (Lipinski definition) is 2. The fourth-order valence-corrected chi connectivity index (χ4v) is 2.48. The molecule has 0 fully saturated rings. The van der Waals surface area contributed by atoms with E-state index in [1.165, 1.54) is 0 Å². The SMILES string of the molecule is Cc1cc(-c2cccc(Oc3cccc(-c4cc(C(F)(F)F)[nH]n4)n3)n2)n[nH]1. The number of H-pyrrole nitrogens is 2. The molecule has 0 radical (unpaired) electrons. The average Bonchev–Trinajstić information content (AvgIpc) is 3.31. The van der Waals surface area contributed by atoms with Crippen LogP contribution in [0.15, 0.2) is 48.5 Å². The first-order valence-corrected chi connectivity index (χ1v) is 8.16. The number of rotatable bonds is 4. The molecule has 10 heteroatoms. The van der Waals surface area contributed by atoms with Crippen molar-refractivity contribution in [2.45, 2.75) is 13.1 Å². The van der Waals surface area contributed by atoms with E-state index in [1.54, 1.807) is 36.4 Å². The van der Waals surface area contributed by atoms with Crippen LogP contribution in [0.4, 0.5) is 13.2 Å². The fourth-order valence-electron chi connectivity index (χ4n) is 2.48. The molecule has 4 rings (SSSR count). The second kappa shape index (κ2) is 6.80. The molecule has 28 heavy (non-hydrogen) atoms. The van der Waals surface area contributed by atoms with Crippen molar-refractivity contribution >= 4 is 0 Å². The Bertz CT molecular complexity index is 1120. The van der Waals surface area contributed by atoms with Gasteiger partial charge in [0.1, 0.15) is 17.1 Å². The van der Waals surface area contributed by atoms with E-state index in [-0.39, 0.29) is 23.1 Å². The molecule has 7 nitrogen and oxygen atoms in total. The van der Waals surface area contributed by atoms with Crippen LogP contribution in [0.3, 0.4) is 0 Å². The van der Waals surface area contributed by atoms with Crippen LogP contribution in [0.2, 0.25) is 0 Å². The smallest absolute Gasteiger partial charge is 0.421 e. The van der Waals surface area contributed by atoms with Gasteiger partial charge >= 0.3 is 6.18 Å². The maximum atomic E-state index is 12.7. The van der Waals surface area contributed by atoms with Gasteiger partial charge < -0.3 is 4.74 Å². The number of nitrogens with zero attached hydrogens (tertiary/aromatic N) is 4. The van der Waals surface area contributed by atoms with Gasteiger partial charge in [-0.3, -0.25) is 10.2 Å². The Morgan fingerprint density at radius 1 is 0.786 bits per heavy atom. The summed E-state index contributed by atoms with van der Waals surface area (Å²) in [5.74, 6) is 0.456. The van der Waals surface area contributed by atoms with Gasteiger partial charge in [-0.15, -0.1) is 0 Å². The van der Waals surface area contributed by atoms with Gasteiger partial charge in [0, 0.05) is 17.8 Å². The number of halogens is 3. The molecule has 0 amide bonds. The van der Waals surface area contributed by atoms with E-state index in [1.807, 2.05) is 18.1 Å². The molecular weight excluding hydrogens is 373 g/mol. The second-order valence-corrected chi connectivity index (χ2v) is 5.93. The average molecular weight is 386 g/mol. The van der Waals surface area contributed by atoms with Crippen LogP contribution in [0.1, 0.15) is 11.4 Å². The Hall–Kier alpha value is -3.69. The summed E-state index contributed by atoms with van der Waals surface area (Å²) in [6.45, 7) is 1.88. The van der Waals surface area contributed by atoms with Crippen LogP contribution < -0.4 is 4.74 Å². The van der Waals surface area contributed by atoms with E-state index in [9.17, 15) is 13.2 Å². The molecule has 4 aromatic rings. The number of nitrogens with one attached hydrogen (secondary N) is 2. The van der Waals surface area contributed by atoms with Crippen LogP contribution in [-0.4, -0.2) is 30.4 Å². The second-order valence-electron chi connectivity index (χ2n) is 5.93. The molecule has 0 saturated heterocycles. The molecule has 2 N–H and O–H groups in total. The van der Waals surface area contributed by atoms with Gasteiger partial charge in [0.05, 0.1) is 11.4 Å². The highest BCUT2D eigenvalue weighted by Gasteiger charge is 2.33. The number of aromatic nitrogens is 6. The molecule has 0 atom stereocenters. The first-order chi connectivity index (χ1) is 13.4. The Morgan fingerprint density at radius 2 is 1.36 bits per heavy atom. The largest absolute Gasteiger partial charge is 0.432 e. The van der Waals surface area contributed by atoms with E-state index in [4.69, 9.17) is 4.74 Å². The van der Waals surface area contributed by atoms with Gasteiger partial charge in [-0.25, -0.2) is 9.97 Å². The molecule has 4 aromatic heterocycles. The number of alkyl halides is 3. The molecule has 0 aliphatic rings. The summed E-state index contributed by atoms with van der Waals surface area (Å²) < 4.78 is 43.9. The maximum absolute atomic E-state index is 12.7. The van der Waals surface area contributed by atoms with Gasteiger partial charge in [-0.2, -0.15) is 23.4 Å². The third-order valence-corrected chi connectivity index (χ3v) is 3.77. The standard InChI is InChI=1S/C18H13F3N6O/c1-10-8-13(25-24-10)11-4-2-6-16(22-11)28-17-7-3-5-12(23-17)14-9-15(27-26-14)18(19,20)21/h2-9H,1H3,(H,24,25)(H,26,27). The van der Waals surface area contributed by atoms with Crippen LogP contribution in [0.25, 0.3) is 22.8 Å². The highest BCUT2D eigenvalue weighted by atomic mass is 19.4. The van der Waals surface area contributed by atoms with Crippen LogP contribution in [0.5, 0.6) is 11.8 Å². The van der Waals surface area contributed by atoms with Crippen molar-refractivity contribution in [3.05, 3.63) is 59.9 Å². The first kappa shape index (κ1) is 17.7. The zero-order valence-corrected chi connectivity index (χ0v) is 14.4. The number of aromatic amines is 2. The summed E-state index contributed by atoms with van der Waals surface area (Å²) in [4.78, 5) is 8.58. The summed E-state index contributed by atoms with van der Waals surface area (Å²) in [7, 11) is 0.